The van der Waals surface area contributed by atoms with Gasteiger partial charge in [-0.15, -0.1) is 0 Å². The number of rotatable bonds is 9. The number of carboxylic acid groups (broad SMARTS) is 1. The van der Waals surface area contributed by atoms with Crippen LogP contribution in [0.4, 0.5) is 0 Å². The Morgan fingerprint density at radius 1 is 1.12 bits per heavy atom. The SMILES string of the molecule is CCCC(Br)c1nc2ccc(C=O)cc2n1Cc1ccc(-c2ccccc2CC(=O)O)cc1. The number of benzene rings is 3. The molecule has 33 heavy (non-hydrogen) atoms. The van der Waals surface area contributed by atoms with E-state index in [1.165, 1.54) is 0 Å². The molecule has 0 radical (unpaired) electrons. The molecular formula is C27H25BrN2O3. The van der Waals surface area contributed by atoms with Crippen LogP contribution in [0.1, 0.15) is 51.9 Å². The molecule has 0 amide bonds. The predicted octanol–water partition coefficient (Wildman–Crippen LogP) is 6.43. The lowest BCUT2D eigenvalue weighted by Gasteiger charge is -2.14. The highest BCUT2D eigenvalue weighted by Gasteiger charge is 2.18. The van der Waals surface area contributed by atoms with Crippen LogP contribution < -0.4 is 0 Å². The molecule has 0 bridgehead atoms. The summed E-state index contributed by atoms with van der Waals surface area (Å²) < 4.78 is 2.17. The van der Waals surface area contributed by atoms with Gasteiger partial charge in [0.15, 0.2) is 0 Å². The molecule has 4 rings (SSSR count). The number of imidazole rings is 1. The van der Waals surface area contributed by atoms with Crippen molar-refractivity contribution in [2.45, 2.75) is 37.6 Å². The predicted molar refractivity (Wildman–Crippen MR) is 134 cm³/mol. The van der Waals surface area contributed by atoms with Gasteiger partial charge in [0.2, 0.25) is 0 Å². The molecule has 1 N–H and O–H groups in total. The monoisotopic (exact) mass is 504 g/mol. The molecule has 1 aromatic heterocycles. The van der Waals surface area contributed by atoms with Gasteiger partial charge in [0, 0.05) is 12.1 Å². The smallest absolute Gasteiger partial charge is 0.307 e. The Morgan fingerprint density at radius 2 is 1.88 bits per heavy atom. The van der Waals surface area contributed by atoms with Gasteiger partial charge in [-0.05, 0) is 46.9 Å². The van der Waals surface area contributed by atoms with Crippen LogP contribution in [-0.4, -0.2) is 26.9 Å². The topological polar surface area (TPSA) is 72.2 Å². The Hall–Kier alpha value is -3.25. The third-order valence-corrected chi connectivity index (χ3v) is 6.59. The molecule has 1 unspecified atom stereocenters. The fraction of sp³-hybridized carbons (Fsp3) is 0.222. The highest BCUT2D eigenvalue weighted by molar-refractivity contribution is 9.09. The molecule has 4 aromatic rings. The van der Waals surface area contributed by atoms with Gasteiger partial charge in [0.25, 0.3) is 0 Å². The lowest BCUT2D eigenvalue weighted by atomic mass is 9.97. The first kappa shape index (κ1) is 22.9. The number of carbonyl (C=O) groups excluding carboxylic acids is 1. The maximum atomic E-state index is 11.4. The van der Waals surface area contributed by atoms with Gasteiger partial charge in [0.05, 0.1) is 22.3 Å². The number of alkyl halides is 1. The summed E-state index contributed by atoms with van der Waals surface area (Å²) in [6.45, 7) is 2.77. The Balaban J connectivity index is 1.70. The van der Waals surface area contributed by atoms with Gasteiger partial charge >= 0.3 is 5.97 Å². The molecule has 0 spiro atoms. The van der Waals surface area contributed by atoms with E-state index in [2.05, 4.69) is 39.6 Å². The van der Waals surface area contributed by atoms with Crippen LogP contribution in [0.5, 0.6) is 0 Å². The largest absolute Gasteiger partial charge is 0.481 e. The maximum absolute atomic E-state index is 11.4. The minimum atomic E-state index is -0.843. The zero-order chi connectivity index (χ0) is 23.4. The van der Waals surface area contributed by atoms with Crippen LogP contribution >= 0.6 is 15.9 Å². The van der Waals surface area contributed by atoms with Crippen molar-refractivity contribution in [3.05, 3.63) is 89.2 Å². The van der Waals surface area contributed by atoms with Gasteiger partial charge in [-0.1, -0.05) is 77.8 Å². The van der Waals surface area contributed by atoms with Crippen LogP contribution in [0.3, 0.4) is 0 Å². The van der Waals surface area contributed by atoms with Crippen LogP contribution in [0.2, 0.25) is 0 Å². The molecular weight excluding hydrogens is 480 g/mol. The summed E-state index contributed by atoms with van der Waals surface area (Å²) in [5.41, 5.74) is 6.24. The average Bonchev–Trinajstić information content (AvgIpc) is 3.17. The molecule has 0 fully saturated rings. The Labute approximate surface area is 201 Å². The number of nitrogens with zero attached hydrogens (tertiary/aromatic N) is 2. The van der Waals surface area contributed by atoms with Gasteiger partial charge in [-0.25, -0.2) is 4.98 Å². The van der Waals surface area contributed by atoms with Crippen molar-refractivity contribution in [3.8, 4) is 11.1 Å². The second-order valence-electron chi connectivity index (χ2n) is 8.10. The maximum Gasteiger partial charge on any atom is 0.307 e. The van der Waals surface area contributed by atoms with Gasteiger partial charge in [-0.3, -0.25) is 9.59 Å². The summed E-state index contributed by atoms with van der Waals surface area (Å²) in [4.78, 5) is 27.6. The third kappa shape index (κ3) is 5.06. The number of halogens is 1. The Kier molecular flexibility index (Phi) is 7.04. The van der Waals surface area contributed by atoms with Crippen LogP contribution in [0.25, 0.3) is 22.2 Å². The Bertz CT molecular complexity index is 1290. The molecule has 0 aliphatic heterocycles. The fourth-order valence-corrected chi connectivity index (χ4v) is 4.92. The van der Waals surface area contributed by atoms with Crippen LogP contribution in [0, 0.1) is 0 Å². The molecule has 1 atom stereocenters. The normalized spacial score (nSPS) is 12.1. The van der Waals surface area contributed by atoms with E-state index in [0.717, 1.165) is 58.2 Å². The summed E-state index contributed by atoms with van der Waals surface area (Å²) in [5.74, 6) is 0.107. The lowest BCUT2D eigenvalue weighted by Crippen LogP contribution is -2.07. The van der Waals surface area contributed by atoms with Crippen LogP contribution in [0.15, 0.2) is 66.7 Å². The standard InChI is InChI=1S/C27H25BrN2O3/c1-2-5-23(28)27-29-24-13-10-19(17-31)14-25(24)30(27)16-18-8-11-20(12-9-18)22-7-4-3-6-21(22)15-26(32)33/h3-4,6-14,17,23H,2,5,15-16H2,1H3,(H,32,33). The van der Waals surface area contributed by atoms with Crippen molar-refractivity contribution in [3.63, 3.8) is 0 Å². The van der Waals surface area contributed by atoms with E-state index in [4.69, 9.17) is 4.98 Å². The molecule has 0 aliphatic rings. The minimum absolute atomic E-state index is 0.00849. The highest BCUT2D eigenvalue weighted by atomic mass is 79.9. The highest BCUT2D eigenvalue weighted by Crippen LogP contribution is 2.32. The van der Waals surface area contributed by atoms with Gasteiger partial charge in [0.1, 0.15) is 12.1 Å². The molecule has 6 heteroatoms. The molecule has 3 aromatic carbocycles. The number of aromatic nitrogens is 2. The van der Waals surface area contributed by atoms with Crippen molar-refractivity contribution in [1.29, 1.82) is 0 Å². The number of fused-ring (bicyclic) bond motifs is 1. The second-order valence-corrected chi connectivity index (χ2v) is 9.21. The lowest BCUT2D eigenvalue weighted by molar-refractivity contribution is -0.136. The molecule has 5 nitrogen and oxygen atoms in total. The molecule has 0 aliphatic carbocycles. The quantitative estimate of drug-likeness (QED) is 0.210. The zero-order valence-electron chi connectivity index (χ0n) is 18.4. The summed E-state index contributed by atoms with van der Waals surface area (Å²) >= 11 is 3.79. The van der Waals surface area contributed by atoms with Crippen molar-refractivity contribution in [2.75, 3.05) is 0 Å². The summed E-state index contributed by atoms with van der Waals surface area (Å²) in [6, 6.07) is 21.4. The van der Waals surface area contributed by atoms with E-state index in [1.807, 2.05) is 48.5 Å². The van der Waals surface area contributed by atoms with E-state index in [0.29, 0.717) is 12.1 Å². The fourth-order valence-electron chi connectivity index (χ4n) is 4.11. The van der Waals surface area contributed by atoms with Crippen molar-refractivity contribution < 1.29 is 14.7 Å². The second kappa shape index (κ2) is 10.1. The first-order valence-corrected chi connectivity index (χ1v) is 11.9. The number of carbonyl (C=O) groups is 2. The molecule has 0 saturated carbocycles. The summed E-state index contributed by atoms with van der Waals surface area (Å²) in [5, 5.41) is 9.22. The first-order chi connectivity index (χ1) is 16.0. The number of aliphatic carboxylic acids is 1. The molecule has 0 saturated heterocycles. The van der Waals surface area contributed by atoms with Crippen molar-refractivity contribution >= 4 is 39.2 Å². The van der Waals surface area contributed by atoms with E-state index in [9.17, 15) is 14.7 Å². The molecule has 168 valence electrons. The van der Waals surface area contributed by atoms with E-state index in [-0.39, 0.29) is 11.2 Å². The molecule has 1 heterocycles. The van der Waals surface area contributed by atoms with E-state index < -0.39 is 5.97 Å². The number of hydrogen-bond acceptors (Lipinski definition) is 3. The Morgan fingerprint density at radius 3 is 2.58 bits per heavy atom. The van der Waals surface area contributed by atoms with E-state index in [1.54, 1.807) is 6.07 Å². The number of hydrogen-bond donors (Lipinski definition) is 1. The summed E-state index contributed by atoms with van der Waals surface area (Å²) in [6.07, 6.45) is 2.84. The van der Waals surface area contributed by atoms with Crippen LogP contribution in [-0.2, 0) is 17.8 Å². The van der Waals surface area contributed by atoms with Gasteiger partial charge in [-0.2, -0.15) is 0 Å². The minimum Gasteiger partial charge on any atom is -0.481 e. The average molecular weight is 505 g/mol. The van der Waals surface area contributed by atoms with E-state index >= 15 is 0 Å². The number of aldehydes is 1. The van der Waals surface area contributed by atoms with Crippen molar-refractivity contribution in [2.24, 2.45) is 0 Å². The first-order valence-electron chi connectivity index (χ1n) is 11.0. The number of carboxylic acids is 1. The van der Waals surface area contributed by atoms with Gasteiger partial charge < -0.3 is 9.67 Å². The third-order valence-electron chi connectivity index (χ3n) is 5.72. The summed E-state index contributed by atoms with van der Waals surface area (Å²) in [7, 11) is 0. The van der Waals surface area contributed by atoms with Crippen molar-refractivity contribution in [1.82, 2.24) is 9.55 Å². The zero-order valence-corrected chi connectivity index (χ0v) is 20.0.